The van der Waals surface area contributed by atoms with E-state index in [2.05, 4.69) is 10.6 Å². The number of carbonyl (C=O) groups excluding carboxylic acids is 2. The minimum Gasteiger partial charge on any atom is -0.352 e. The van der Waals surface area contributed by atoms with E-state index >= 15 is 0 Å². The van der Waals surface area contributed by atoms with Crippen molar-refractivity contribution in [3.8, 4) is 0 Å². The standard InChI is InChI=1S/C20H25N3O4S2/c1-2-11-21-20(25)16-8-3-4-9-17(16)22-19(24)15-7-5-12-23(14-15)29(26,27)18-10-6-13-28-18/h3-4,6,8-10,13,15H,2,5,7,11-12,14H2,1H3,(H,21,25)(H,22,24)/t15-/m1/s1. The van der Waals surface area contributed by atoms with Crippen molar-refractivity contribution < 1.29 is 18.0 Å². The number of thiophene rings is 1. The van der Waals surface area contributed by atoms with Gasteiger partial charge in [-0.05, 0) is 42.8 Å². The molecule has 0 spiro atoms. The maximum absolute atomic E-state index is 12.9. The molecule has 9 heteroatoms. The number of nitrogens with zero attached hydrogens (tertiary/aromatic N) is 1. The van der Waals surface area contributed by atoms with Crippen LogP contribution >= 0.6 is 11.3 Å². The molecule has 29 heavy (non-hydrogen) atoms. The molecule has 0 aliphatic carbocycles. The molecule has 2 amide bonds. The van der Waals surface area contributed by atoms with E-state index in [4.69, 9.17) is 0 Å². The molecule has 1 aliphatic rings. The van der Waals surface area contributed by atoms with Gasteiger partial charge in [0.2, 0.25) is 5.91 Å². The Morgan fingerprint density at radius 2 is 2.00 bits per heavy atom. The number of hydrogen-bond donors (Lipinski definition) is 2. The van der Waals surface area contributed by atoms with Crippen LogP contribution in [0.25, 0.3) is 0 Å². The third-order valence-corrected chi connectivity index (χ3v) is 8.05. The summed E-state index contributed by atoms with van der Waals surface area (Å²) in [6.45, 7) is 3.06. The van der Waals surface area contributed by atoms with Crippen molar-refractivity contribution in [1.29, 1.82) is 0 Å². The van der Waals surface area contributed by atoms with E-state index in [1.807, 2.05) is 6.92 Å². The van der Waals surface area contributed by atoms with Gasteiger partial charge in [0.15, 0.2) is 0 Å². The number of sulfonamides is 1. The van der Waals surface area contributed by atoms with Crippen molar-refractivity contribution in [2.75, 3.05) is 25.0 Å². The summed E-state index contributed by atoms with van der Waals surface area (Å²) in [4.78, 5) is 25.2. The third kappa shape index (κ3) is 5.04. The molecule has 0 saturated carbocycles. The molecular formula is C20H25N3O4S2. The second-order valence-corrected chi connectivity index (χ2v) is 10.0. The number of anilines is 1. The van der Waals surface area contributed by atoms with Gasteiger partial charge in [0.25, 0.3) is 15.9 Å². The topological polar surface area (TPSA) is 95.6 Å². The fourth-order valence-corrected chi connectivity index (χ4v) is 5.94. The predicted molar refractivity (Wildman–Crippen MR) is 113 cm³/mol. The monoisotopic (exact) mass is 435 g/mol. The molecule has 1 aliphatic heterocycles. The Labute approximate surface area is 175 Å². The average molecular weight is 436 g/mol. The van der Waals surface area contributed by atoms with Crippen LogP contribution < -0.4 is 10.6 Å². The molecule has 2 heterocycles. The zero-order valence-electron chi connectivity index (χ0n) is 16.3. The largest absolute Gasteiger partial charge is 0.352 e. The summed E-state index contributed by atoms with van der Waals surface area (Å²) in [5.41, 5.74) is 0.831. The van der Waals surface area contributed by atoms with Crippen LogP contribution in [0.15, 0.2) is 46.0 Å². The normalized spacial score (nSPS) is 17.6. The summed E-state index contributed by atoms with van der Waals surface area (Å²) in [5, 5.41) is 7.36. The van der Waals surface area contributed by atoms with Crippen LogP contribution in [-0.2, 0) is 14.8 Å². The van der Waals surface area contributed by atoms with Crippen molar-refractivity contribution in [3.63, 3.8) is 0 Å². The first-order valence-electron chi connectivity index (χ1n) is 9.65. The lowest BCUT2D eigenvalue weighted by Crippen LogP contribution is -2.43. The van der Waals surface area contributed by atoms with E-state index in [9.17, 15) is 18.0 Å². The van der Waals surface area contributed by atoms with Crippen molar-refractivity contribution >= 4 is 38.9 Å². The van der Waals surface area contributed by atoms with Gasteiger partial charge in [-0.15, -0.1) is 11.3 Å². The average Bonchev–Trinajstić information content (AvgIpc) is 3.28. The molecular weight excluding hydrogens is 410 g/mol. The third-order valence-electron chi connectivity index (χ3n) is 4.81. The summed E-state index contributed by atoms with van der Waals surface area (Å²) >= 11 is 1.17. The maximum Gasteiger partial charge on any atom is 0.253 e. The SMILES string of the molecule is CCCNC(=O)c1ccccc1NC(=O)[C@@H]1CCCN(S(=O)(=O)c2cccs2)C1. The van der Waals surface area contributed by atoms with Gasteiger partial charge < -0.3 is 10.6 Å². The van der Waals surface area contributed by atoms with E-state index in [1.165, 1.54) is 15.6 Å². The first kappa shape index (κ1) is 21.5. The number of carbonyl (C=O) groups is 2. The molecule has 156 valence electrons. The fraction of sp³-hybridized carbons (Fsp3) is 0.400. The Morgan fingerprint density at radius 1 is 1.21 bits per heavy atom. The molecule has 1 atom stereocenters. The van der Waals surface area contributed by atoms with Crippen LogP contribution in [0.5, 0.6) is 0 Å². The van der Waals surface area contributed by atoms with Gasteiger partial charge in [0.05, 0.1) is 17.2 Å². The molecule has 0 unspecified atom stereocenters. The summed E-state index contributed by atoms with van der Waals surface area (Å²) in [6.07, 6.45) is 2.03. The Kier molecular flexibility index (Phi) is 7.05. The van der Waals surface area contributed by atoms with Crippen LogP contribution in [0.2, 0.25) is 0 Å². The van der Waals surface area contributed by atoms with E-state index < -0.39 is 15.9 Å². The molecule has 7 nitrogen and oxygen atoms in total. The summed E-state index contributed by atoms with van der Waals surface area (Å²) in [7, 11) is -3.58. The van der Waals surface area contributed by atoms with E-state index in [0.29, 0.717) is 37.2 Å². The molecule has 1 aromatic heterocycles. The van der Waals surface area contributed by atoms with Crippen LogP contribution in [0.3, 0.4) is 0 Å². The molecule has 2 aromatic rings. The van der Waals surface area contributed by atoms with Gasteiger partial charge in [0.1, 0.15) is 4.21 Å². The second kappa shape index (κ2) is 9.51. The number of hydrogen-bond acceptors (Lipinski definition) is 5. The molecule has 0 radical (unpaired) electrons. The highest BCUT2D eigenvalue weighted by molar-refractivity contribution is 7.91. The maximum atomic E-state index is 12.9. The summed E-state index contributed by atoms with van der Waals surface area (Å²) in [6, 6.07) is 10.1. The number of piperidine rings is 1. The smallest absolute Gasteiger partial charge is 0.253 e. The fourth-order valence-electron chi connectivity index (χ4n) is 3.27. The van der Waals surface area contributed by atoms with Gasteiger partial charge in [-0.25, -0.2) is 8.42 Å². The van der Waals surface area contributed by atoms with Crippen LogP contribution in [0.4, 0.5) is 5.69 Å². The quantitative estimate of drug-likeness (QED) is 0.699. The van der Waals surface area contributed by atoms with E-state index in [-0.39, 0.29) is 22.6 Å². The van der Waals surface area contributed by atoms with Gasteiger partial charge in [-0.1, -0.05) is 25.1 Å². The van der Waals surface area contributed by atoms with Crippen LogP contribution in [0.1, 0.15) is 36.5 Å². The number of amides is 2. The van der Waals surface area contributed by atoms with Gasteiger partial charge in [-0.2, -0.15) is 4.31 Å². The van der Waals surface area contributed by atoms with Gasteiger partial charge >= 0.3 is 0 Å². The van der Waals surface area contributed by atoms with Gasteiger partial charge in [0, 0.05) is 19.6 Å². The van der Waals surface area contributed by atoms with Crippen LogP contribution in [-0.4, -0.2) is 44.2 Å². The Bertz CT molecular complexity index is 958. The Balaban J connectivity index is 1.71. The minimum absolute atomic E-state index is 0.135. The molecule has 0 bridgehead atoms. The van der Waals surface area contributed by atoms with Crippen molar-refractivity contribution in [2.45, 2.75) is 30.4 Å². The van der Waals surface area contributed by atoms with Crippen molar-refractivity contribution in [1.82, 2.24) is 9.62 Å². The predicted octanol–water partition coefficient (Wildman–Crippen LogP) is 2.93. The lowest BCUT2D eigenvalue weighted by Gasteiger charge is -2.30. The number of nitrogens with one attached hydrogen (secondary N) is 2. The summed E-state index contributed by atoms with van der Waals surface area (Å²) < 4.78 is 27.2. The number of para-hydroxylation sites is 1. The number of rotatable bonds is 7. The van der Waals surface area contributed by atoms with Crippen LogP contribution in [0, 0.1) is 5.92 Å². The molecule has 3 rings (SSSR count). The molecule has 1 fully saturated rings. The minimum atomic E-state index is -3.58. The highest BCUT2D eigenvalue weighted by Gasteiger charge is 2.34. The Hall–Kier alpha value is -2.23. The number of benzene rings is 1. The van der Waals surface area contributed by atoms with E-state index in [0.717, 1.165) is 6.42 Å². The first-order valence-corrected chi connectivity index (χ1v) is 12.0. The van der Waals surface area contributed by atoms with Gasteiger partial charge in [-0.3, -0.25) is 9.59 Å². The Morgan fingerprint density at radius 3 is 2.72 bits per heavy atom. The van der Waals surface area contributed by atoms with Crippen molar-refractivity contribution in [3.05, 3.63) is 47.3 Å². The summed E-state index contributed by atoms with van der Waals surface area (Å²) in [5.74, 6) is -0.981. The highest BCUT2D eigenvalue weighted by Crippen LogP contribution is 2.27. The molecule has 1 aromatic carbocycles. The van der Waals surface area contributed by atoms with E-state index in [1.54, 1.807) is 41.8 Å². The molecule has 1 saturated heterocycles. The van der Waals surface area contributed by atoms with Crippen molar-refractivity contribution in [2.24, 2.45) is 5.92 Å². The lowest BCUT2D eigenvalue weighted by molar-refractivity contribution is -0.120. The lowest BCUT2D eigenvalue weighted by atomic mass is 9.98. The zero-order chi connectivity index (χ0) is 20.9. The molecule has 2 N–H and O–H groups in total. The second-order valence-electron chi connectivity index (χ2n) is 6.93. The first-order chi connectivity index (χ1) is 13.9. The highest BCUT2D eigenvalue weighted by atomic mass is 32.2. The zero-order valence-corrected chi connectivity index (χ0v) is 17.9.